The molecule has 6 heteroatoms. The summed E-state index contributed by atoms with van der Waals surface area (Å²) < 4.78 is 6.09. The summed E-state index contributed by atoms with van der Waals surface area (Å²) in [5, 5.41) is 4.49. The van der Waals surface area contributed by atoms with Crippen molar-refractivity contribution in [3.05, 3.63) is 63.6 Å². The molecule has 2 rings (SSSR count). The maximum absolute atomic E-state index is 11.6. The number of nitrogens with zero attached hydrogens (tertiary/aromatic N) is 1. The molecule has 0 bridgehead atoms. The molecule has 1 N–H and O–H groups in total. The maximum Gasteiger partial charge on any atom is 0.277 e. The van der Waals surface area contributed by atoms with E-state index in [-0.39, 0.29) is 12.5 Å². The number of nitrogens with one attached hydrogen (secondary N) is 1. The van der Waals surface area contributed by atoms with Crippen molar-refractivity contribution in [1.29, 1.82) is 0 Å². The Labute approximate surface area is 148 Å². The Morgan fingerprint density at radius 3 is 2.78 bits per heavy atom. The van der Waals surface area contributed by atoms with Crippen molar-refractivity contribution in [2.24, 2.45) is 5.10 Å². The number of amides is 1. The van der Waals surface area contributed by atoms with E-state index in [2.05, 4.69) is 38.6 Å². The lowest BCUT2D eigenvalue weighted by atomic mass is 10.1. The van der Waals surface area contributed by atoms with Crippen LogP contribution in [0.15, 0.2) is 58.1 Å². The number of carbonyl (C=O) groups excluding carboxylic acids is 1. The molecule has 2 aromatic carbocycles. The highest BCUT2D eigenvalue weighted by Gasteiger charge is 2.05. The van der Waals surface area contributed by atoms with E-state index in [0.717, 1.165) is 12.8 Å². The maximum atomic E-state index is 11.6. The van der Waals surface area contributed by atoms with Crippen molar-refractivity contribution in [1.82, 2.24) is 5.43 Å². The number of ether oxygens (including phenoxy) is 1. The summed E-state index contributed by atoms with van der Waals surface area (Å²) in [6.07, 6.45) is 3.32. The van der Waals surface area contributed by atoms with E-state index >= 15 is 0 Å². The van der Waals surface area contributed by atoms with Gasteiger partial charge in [0.15, 0.2) is 6.61 Å². The Morgan fingerprint density at radius 2 is 2.04 bits per heavy atom. The van der Waals surface area contributed by atoms with Crippen molar-refractivity contribution in [2.75, 3.05) is 6.61 Å². The Morgan fingerprint density at radius 1 is 1.26 bits per heavy atom. The van der Waals surface area contributed by atoms with Gasteiger partial charge in [-0.1, -0.05) is 41.9 Å². The fraction of sp³-hybridized carbons (Fsp3) is 0.176. The Hall–Kier alpha value is -1.85. The zero-order valence-corrected chi connectivity index (χ0v) is 14.7. The van der Waals surface area contributed by atoms with Crippen molar-refractivity contribution < 1.29 is 9.53 Å². The van der Waals surface area contributed by atoms with Crippen LogP contribution in [0.4, 0.5) is 0 Å². The standard InChI is InChI=1S/C17H16BrClN2O2/c18-15-11-14(19)8-9-16(15)23-12-17(22)21-20-10-4-7-13-5-2-1-3-6-13/h1-3,5-6,8-11H,4,7,12H2,(H,21,22)/b20-10+. The molecule has 0 aliphatic heterocycles. The highest BCUT2D eigenvalue weighted by Crippen LogP contribution is 2.27. The van der Waals surface area contributed by atoms with Gasteiger partial charge in [-0.25, -0.2) is 5.43 Å². The van der Waals surface area contributed by atoms with Gasteiger partial charge in [-0.05, 0) is 52.5 Å². The molecular weight excluding hydrogens is 380 g/mol. The third kappa shape index (κ3) is 6.42. The van der Waals surface area contributed by atoms with E-state index in [0.29, 0.717) is 15.2 Å². The van der Waals surface area contributed by atoms with Crippen LogP contribution in [-0.4, -0.2) is 18.7 Å². The van der Waals surface area contributed by atoms with E-state index in [9.17, 15) is 4.79 Å². The summed E-state index contributed by atoms with van der Waals surface area (Å²) in [6.45, 7) is -0.115. The highest BCUT2D eigenvalue weighted by molar-refractivity contribution is 9.10. The van der Waals surface area contributed by atoms with Gasteiger partial charge >= 0.3 is 0 Å². The van der Waals surface area contributed by atoms with Gasteiger partial charge in [0.2, 0.25) is 0 Å². The summed E-state index contributed by atoms with van der Waals surface area (Å²) in [7, 11) is 0. The number of hydrogen-bond donors (Lipinski definition) is 1. The van der Waals surface area contributed by atoms with Crippen LogP contribution >= 0.6 is 27.5 Å². The fourth-order valence-electron chi connectivity index (χ4n) is 1.83. The first-order chi connectivity index (χ1) is 11.1. The number of halogens is 2. The minimum absolute atomic E-state index is 0.115. The van der Waals surface area contributed by atoms with E-state index in [1.165, 1.54) is 5.56 Å². The predicted octanol–water partition coefficient (Wildman–Crippen LogP) is 4.22. The molecule has 0 saturated carbocycles. The Bertz CT molecular complexity index is 678. The first-order valence-corrected chi connectivity index (χ1v) is 8.24. The minimum atomic E-state index is -0.317. The van der Waals surface area contributed by atoms with Gasteiger partial charge in [0, 0.05) is 11.2 Å². The van der Waals surface area contributed by atoms with Crippen LogP contribution in [0.25, 0.3) is 0 Å². The average molecular weight is 396 g/mol. The average Bonchev–Trinajstić information content (AvgIpc) is 2.54. The number of hydrazone groups is 1. The quantitative estimate of drug-likeness (QED) is 0.564. The number of rotatable bonds is 7. The van der Waals surface area contributed by atoms with Crippen molar-refractivity contribution >= 4 is 39.7 Å². The molecule has 0 aliphatic carbocycles. The lowest BCUT2D eigenvalue weighted by Crippen LogP contribution is -2.24. The second-order valence-corrected chi connectivity index (χ2v) is 6.03. The smallest absolute Gasteiger partial charge is 0.277 e. The predicted molar refractivity (Wildman–Crippen MR) is 96.0 cm³/mol. The van der Waals surface area contributed by atoms with Crippen LogP contribution in [0.3, 0.4) is 0 Å². The number of aryl methyl sites for hydroxylation is 1. The van der Waals surface area contributed by atoms with Gasteiger partial charge in [-0.3, -0.25) is 4.79 Å². The second kappa shape index (κ2) is 9.33. The van der Waals surface area contributed by atoms with Gasteiger partial charge in [0.1, 0.15) is 5.75 Å². The molecule has 2 aromatic rings. The summed E-state index contributed by atoms with van der Waals surface area (Å²) in [6, 6.07) is 15.2. The van der Waals surface area contributed by atoms with E-state index in [1.54, 1.807) is 24.4 Å². The van der Waals surface area contributed by atoms with Crippen LogP contribution in [0, 0.1) is 0 Å². The van der Waals surface area contributed by atoms with Crippen LogP contribution < -0.4 is 10.2 Å². The molecule has 0 aliphatic rings. The molecule has 0 unspecified atom stereocenters. The molecule has 0 radical (unpaired) electrons. The molecule has 0 saturated heterocycles. The highest BCUT2D eigenvalue weighted by atomic mass is 79.9. The Balaban J connectivity index is 1.67. The van der Waals surface area contributed by atoms with E-state index in [1.807, 2.05) is 18.2 Å². The number of hydrogen-bond acceptors (Lipinski definition) is 3. The lowest BCUT2D eigenvalue weighted by Gasteiger charge is -2.07. The normalized spacial score (nSPS) is 10.7. The first-order valence-electron chi connectivity index (χ1n) is 7.07. The number of carbonyl (C=O) groups is 1. The second-order valence-electron chi connectivity index (χ2n) is 4.73. The summed E-state index contributed by atoms with van der Waals surface area (Å²) >= 11 is 9.16. The zero-order chi connectivity index (χ0) is 16.5. The van der Waals surface area contributed by atoms with Crippen molar-refractivity contribution in [3.63, 3.8) is 0 Å². The molecule has 0 atom stereocenters. The van der Waals surface area contributed by atoms with Gasteiger partial charge in [0.05, 0.1) is 4.47 Å². The van der Waals surface area contributed by atoms with Gasteiger partial charge in [-0.2, -0.15) is 5.10 Å². The van der Waals surface area contributed by atoms with Gasteiger partial charge in [-0.15, -0.1) is 0 Å². The monoisotopic (exact) mass is 394 g/mol. The molecule has 0 heterocycles. The third-order valence-electron chi connectivity index (χ3n) is 2.94. The largest absolute Gasteiger partial charge is 0.483 e. The van der Waals surface area contributed by atoms with Crippen LogP contribution in [-0.2, 0) is 11.2 Å². The molecule has 23 heavy (non-hydrogen) atoms. The molecular formula is C17H16BrClN2O2. The summed E-state index contributed by atoms with van der Waals surface area (Å²) in [5.74, 6) is 0.236. The molecule has 0 fully saturated rings. The SMILES string of the molecule is O=C(COc1ccc(Cl)cc1Br)N/N=C/CCc1ccccc1. The molecule has 0 aromatic heterocycles. The topological polar surface area (TPSA) is 50.7 Å². The molecule has 0 spiro atoms. The van der Waals surface area contributed by atoms with Gasteiger partial charge in [0.25, 0.3) is 5.91 Å². The van der Waals surface area contributed by atoms with Crippen molar-refractivity contribution in [3.8, 4) is 5.75 Å². The minimum Gasteiger partial charge on any atom is -0.483 e. The third-order valence-corrected chi connectivity index (χ3v) is 3.79. The van der Waals surface area contributed by atoms with Crippen molar-refractivity contribution in [2.45, 2.75) is 12.8 Å². The van der Waals surface area contributed by atoms with Crippen LogP contribution in [0.5, 0.6) is 5.75 Å². The number of benzene rings is 2. The first kappa shape index (κ1) is 17.5. The van der Waals surface area contributed by atoms with E-state index < -0.39 is 0 Å². The molecule has 4 nitrogen and oxygen atoms in total. The summed E-state index contributed by atoms with van der Waals surface area (Å²) in [5.41, 5.74) is 3.67. The van der Waals surface area contributed by atoms with Crippen LogP contribution in [0.1, 0.15) is 12.0 Å². The summed E-state index contributed by atoms with van der Waals surface area (Å²) in [4.78, 5) is 11.6. The van der Waals surface area contributed by atoms with Crippen LogP contribution in [0.2, 0.25) is 5.02 Å². The van der Waals surface area contributed by atoms with Gasteiger partial charge < -0.3 is 4.74 Å². The van der Waals surface area contributed by atoms with E-state index in [4.69, 9.17) is 16.3 Å². The lowest BCUT2D eigenvalue weighted by molar-refractivity contribution is -0.123. The molecule has 1 amide bonds. The Kier molecular flexibility index (Phi) is 7.10. The fourth-order valence-corrected chi connectivity index (χ4v) is 2.62. The zero-order valence-electron chi connectivity index (χ0n) is 12.3. The molecule has 120 valence electrons.